The van der Waals surface area contributed by atoms with Gasteiger partial charge in [0.05, 0.1) is 12.0 Å². The van der Waals surface area contributed by atoms with E-state index in [1.54, 1.807) is 6.07 Å². The van der Waals surface area contributed by atoms with Gasteiger partial charge in [0, 0.05) is 18.2 Å². The monoisotopic (exact) mass is 233 g/mol. The van der Waals surface area contributed by atoms with Crippen molar-refractivity contribution in [1.82, 2.24) is 0 Å². The largest absolute Gasteiger partial charge is 0.466 e. The maximum absolute atomic E-state index is 11.2. The molecule has 88 valence electrons. The van der Waals surface area contributed by atoms with Crippen molar-refractivity contribution in [3.63, 3.8) is 0 Å². The van der Waals surface area contributed by atoms with E-state index in [4.69, 9.17) is 0 Å². The Morgan fingerprint density at radius 3 is 2.88 bits per heavy atom. The van der Waals surface area contributed by atoms with E-state index in [-0.39, 0.29) is 5.69 Å². The summed E-state index contributed by atoms with van der Waals surface area (Å²) in [6.45, 7) is 0. The van der Waals surface area contributed by atoms with Crippen molar-refractivity contribution in [2.75, 3.05) is 7.11 Å². The van der Waals surface area contributed by atoms with Crippen LogP contribution in [0.1, 0.15) is 17.5 Å². The topological polar surface area (TPSA) is 69.4 Å². The van der Waals surface area contributed by atoms with Gasteiger partial charge in [0.2, 0.25) is 0 Å². The second kappa shape index (κ2) is 4.37. The third-order valence-electron chi connectivity index (χ3n) is 2.81. The Morgan fingerprint density at radius 1 is 1.47 bits per heavy atom. The molecule has 0 unspecified atom stereocenters. The van der Waals surface area contributed by atoms with Crippen molar-refractivity contribution in [3.05, 3.63) is 45.5 Å². The van der Waals surface area contributed by atoms with Gasteiger partial charge in [0.1, 0.15) is 0 Å². The summed E-state index contributed by atoms with van der Waals surface area (Å²) >= 11 is 0. The number of ether oxygens (including phenoxy) is 1. The second-order valence-electron chi connectivity index (χ2n) is 3.79. The van der Waals surface area contributed by atoms with E-state index in [1.165, 1.54) is 25.3 Å². The van der Waals surface area contributed by atoms with E-state index < -0.39 is 10.9 Å². The van der Waals surface area contributed by atoms with Crippen LogP contribution in [0.15, 0.2) is 24.3 Å². The van der Waals surface area contributed by atoms with Crippen molar-refractivity contribution in [2.24, 2.45) is 0 Å². The maximum Gasteiger partial charge on any atom is 0.330 e. The first-order valence-corrected chi connectivity index (χ1v) is 5.18. The number of hydrogen-bond acceptors (Lipinski definition) is 4. The summed E-state index contributed by atoms with van der Waals surface area (Å²) in [7, 11) is 1.31. The van der Waals surface area contributed by atoms with Crippen LogP contribution in [-0.2, 0) is 16.0 Å². The number of nitro groups is 1. The molecule has 1 aliphatic rings. The van der Waals surface area contributed by atoms with E-state index in [1.807, 2.05) is 0 Å². The molecule has 0 fully saturated rings. The van der Waals surface area contributed by atoms with E-state index >= 15 is 0 Å². The molecule has 0 saturated carbocycles. The fraction of sp³-hybridized carbons (Fsp3) is 0.250. The zero-order valence-corrected chi connectivity index (χ0v) is 9.30. The molecule has 0 heterocycles. The number of nitrogens with zero attached hydrogens (tertiary/aromatic N) is 1. The fourth-order valence-corrected chi connectivity index (χ4v) is 1.95. The number of allylic oxidation sites excluding steroid dienone is 1. The van der Waals surface area contributed by atoms with Crippen molar-refractivity contribution < 1.29 is 14.5 Å². The fourth-order valence-electron chi connectivity index (χ4n) is 1.95. The molecule has 5 nitrogen and oxygen atoms in total. The molecule has 2 rings (SSSR count). The molecular weight excluding hydrogens is 222 g/mol. The van der Waals surface area contributed by atoms with Crippen LogP contribution in [0.5, 0.6) is 0 Å². The van der Waals surface area contributed by atoms with Crippen LogP contribution in [0.3, 0.4) is 0 Å². The SMILES string of the molecule is COC(=O)C=C1CCc2ccc([N+](=O)[O-])cc21. The highest BCUT2D eigenvalue weighted by Gasteiger charge is 2.20. The van der Waals surface area contributed by atoms with Crippen LogP contribution < -0.4 is 0 Å². The number of fused-ring (bicyclic) bond motifs is 1. The summed E-state index contributed by atoms with van der Waals surface area (Å²) in [5.74, 6) is -0.431. The minimum absolute atomic E-state index is 0.0430. The quantitative estimate of drug-likeness (QED) is 0.339. The highest BCUT2D eigenvalue weighted by molar-refractivity contribution is 5.93. The summed E-state index contributed by atoms with van der Waals surface area (Å²) in [5, 5.41) is 10.7. The Hall–Kier alpha value is -2.17. The average Bonchev–Trinajstić information content (AvgIpc) is 2.71. The van der Waals surface area contributed by atoms with Crippen LogP contribution in [-0.4, -0.2) is 18.0 Å². The molecule has 0 N–H and O–H groups in total. The number of carbonyl (C=O) groups excluding carboxylic acids is 1. The lowest BCUT2D eigenvalue weighted by atomic mass is 10.1. The molecule has 17 heavy (non-hydrogen) atoms. The zero-order chi connectivity index (χ0) is 12.4. The molecule has 0 saturated heterocycles. The van der Waals surface area contributed by atoms with Crippen molar-refractivity contribution in [2.45, 2.75) is 12.8 Å². The molecule has 0 bridgehead atoms. The van der Waals surface area contributed by atoms with E-state index in [0.29, 0.717) is 6.42 Å². The van der Waals surface area contributed by atoms with Crippen molar-refractivity contribution in [3.8, 4) is 0 Å². The van der Waals surface area contributed by atoms with Gasteiger partial charge in [-0.1, -0.05) is 6.07 Å². The predicted octanol–water partition coefficient (Wildman–Crippen LogP) is 2.10. The summed E-state index contributed by atoms with van der Waals surface area (Å²) in [6, 6.07) is 4.74. The Labute approximate surface area is 97.9 Å². The Balaban J connectivity index is 2.42. The van der Waals surface area contributed by atoms with Crippen LogP contribution in [0, 0.1) is 10.1 Å². The van der Waals surface area contributed by atoms with Gasteiger partial charge in [-0.15, -0.1) is 0 Å². The highest BCUT2D eigenvalue weighted by atomic mass is 16.6. The first kappa shape index (κ1) is 11.3. The molecule has 0 spiro atoms. The first-order valence-electron chi connectivity index (χ1n) is 5.18. The summed E-state index contributed by atoms with van der Waals surface area (Å²) < 4.78 is 4.56. The summed E-state index contributed by atoms with van der Waals surface area (Å²) in [5.41, 5.74) is 2.66. The molecule has 0 aromatic heterocycles. The molecule has 0 atom stereocenters. The molecule has 1 aromatic rings. The van der Waals surface area contributed by atoms with E-state index in [2.05, 4.69) is 4.74 Å². The van der Waals surface area contributed by atoms with Gasteiger partial charge in [-0.25, -0.2) is 4.79 Å². The summed E-state index contributed by atoms with van der Waals surface area (Å²) in [6.07, 6.45) is 2.91. The van der Waals surface area contributed by atoms with Gasteiger partial charge in [-0.2, -0.15) is 0 Å². The maximum atomic E-state index is 11.2. The molecule has 0 amide bonds. The van der Waals surface area contributed by atoms with Gasteiger partial charge in [-0.05, 0) is 29.5 Å². The lowest BCUT2D eigenvalue weighted by Gasteiger charge is -2.00. The van der Waals surface area contributed by atoms with Crippen LogP contribution in [0.25, 0.3) is 5.57 Å². The third kappa shape index (κ3) is 2.18. The average molecular weight is 233 g/mol. The molecule has 1 aromatic carbocycles. The zero-order valence-electron chi connectivity index (χ0n) is 9.30. The molecule has 0 radical (unpaired) electrons. The number of benzene rings is 1. The number of non-ortho nitro benzene ring substituents is 1. The van der Waals surface area contributed by atoms with Gasteiger partial charge < -0.3 is 4.74 Å². The number of aryl methyl sites for hydroxylation is 1. The van der Waals surface area contributed by atoms with Gasteiger partial charge >= 0.3 is 5.97 Å². The molecular formula is C12H11NO4. The van der Waals surface area contributed by atoms with Gasteiger partial charge in [0.25, 0.3) is 5.69 Å². The first-order chi connectivity index (χ1) is 8.11. The van der Waals surface area contributed by atoms with E-state index in [0.717, 1.165) is 23.1 Å². The Morgan fingerprint density at radius 2 is 2.24 bits per heavy atom. The van der Waals surface area contributed by atoms with Crippen LogP contribution >= 0.6 is 0 Å². The lowest BCUT2D eigenvalue weighted by molar-refractivity contribution is -0.384. The third-order valence-corrected chi connectivity index (χ3v) is 2.81. The normalized spacial score (nSPS) is 15.7. The smallest absolute Gasteiger partial charge is 0.330 e. The van der Waals surface area contributed by atoms with Crippen LogP contribution in [0.2, 0.25) is 0 Å². The number of nitro benzene ring substituents is 1. The summed E-state index contributed by atoms with van der Waals surface area (Å²) in [4.78, 5) is 21.4. The van der Waals surface area contributed by atoms with Crippen LogP contribution in [0.4, 0.5) is 5.69 Å². The van der Waals surface area contributed by atoms with Gasteiger partial charge in [-0.3, -0.25) is 10.1 Å². The van der Waals surface area contributed by atoms with Gasteiger partial charge in [0.15, 0.2) is 0 Å². The highest BCUT2D eigenvalue weighted by Crippen LogP contribution is 2.34. The number of carbonyl (C=O) groups is 1. The number of esters is 1. The second-order valence-corrected chi connectivity index (χ2v) is 3.79. The number of methoxy groups -OCH3 is 1. The standard InChI is InChI=1S/C12H11NO4/c1-17-12(14)6-9-3-2-8-4-5-10(13(15)16)7-11(8)9/h4-7H,2-3H2,1H3. The minimum atomic E-state index is -0.436. The molecule has 1 aliphatic carbocycles. The Bertz CT molecular complexity index is 519. The predicted molar refractivity (Wildman–Crippen MR) is 61.4 cm³/mol. The Kier molecular flexibility index (Phi) is 2.91. The van der Waals surface area contributed by atoms with Crippen molar-refractivity contribution in [1.29, 1.82) is 0 Å². The molecule has 5 heteroatoms. The minimum Gasteiger partial charge on any atom is -0.466 e. The van der Waals surface area contributed by atoms with Crippen molar-refractivity contribution >= 4 is 17.2 Å². The lowest BCUT2D eigenvalue weighted by Crippen LogP contribution is -1.96. The molecule has 0 aliphatic heterocycles. The van der Waals surface area contributed by atoms with E-state index in [9.17, 15) is 14.9 Å². The number of hydrogen-bond donors (Lipinski definition) is 0. The number of rotatable bonds is 2.